The second kappa shape index (κ2) is 5.98. The highest BCUT2D eigenvalue weighted by Gasteiger charge is 2.15. The number of primary amides is 1. The van der Waals surface area contributed by atoms with E-state index in [1.807, 2.05) is 6.92 Å². The van der Waals surface area contributed by atoms with Crippen LogP contribution in [0.3, 0.4) is 0 Å². The van der Waals surface area contributed by atoms with Crippen LogP contribution < -0.4 is 11.1 Å². The van der Waals surface area contributed by atoms with Crippen molar-refractivity contribution in [1.29, 1.82) is 0 Å². The molecule has 82 valence electrons. The molecule has 2 atom stereocenters. The normalized spacial score (nSPS) is 23.6. The summed E-state index contributed by atoms with van der Waals surface area (Å²) in [4.78, 5) is 10.6. The highest BCUT2D eigenvalue weighted by atomic mass is 16.5. The largest absolute Gasteiger partial charge is 0.378 e. The van der Waals surface area contributed by atoms with Crippen molar-refractivity contribution in [3.63, 3.8) is 0 Å². The zero-order valence-electron chi connectivity index (χ0n) is 8.79. The first kappa shape index (κ1) is 11.5. The summed E-state index contributed by atoms with van der Waals surface area (Å²) in [5.74, 6) is -0.248. The molecule has 0 radical (unpaired) electrons. The predicted octanol–water partition coefficient (Wildman–Crippen LogP) is 0.409. The molecule has 4 nitrogen and oxygen atoms in total. The van der Waals surface area contributed by atoms with E-state index >= 15 is 0 Å². The van der Waals surface area contributed by atoms with Crippen LogP contribution in [0.1, 0.15) is 32.6 Å². The third kappa shape index (κ3) is 4.58. The number of ether oxygens (including phenoxy) is 1. The van der Waals surface area contributed by atoms with Gasteiger partial charge in [-0.25, -0.2) is 0 Å². The lowest BCUT2D eigenvalue weighted by Gasteiger charge is -2.14. The first-order chi connectivity index (χ1) is 6.68. The van der Waals surface area contributed by atoms with Crippen LogP contribution in [-0.2, 0) is 9.53 Å². The monoisotopic (exact) mass is 200 g/mol. The molecule has 0 spiro atoms. The van der Waals surface area contributed by atoms with Gasteiger partial charge in [0.2, 0.25) is 5.91 Å². The number of nitrogens with one attached hydrogen (secondary N) is 1. The van der Waals surface area contributed by atoms with Crippen molar-refractivity contribution in [3.8, 4) is 0 Å². The second-order valence-corrected chi connectivity index (χ2v) is 3.95. The van der Waals surface area contributed by atoms with Crippen molar-refractivity contribution >= 4 is 5.91 Å². The smallest absolute Gasteiger partial charge is 0.218 e. The van der Waals surface area contributed by atoms with Crippen LogP contribution in [0.25, 0.3) is 0 Å². The molecule has 1 rings (SSSR count). The van der Waals surface area contributed by atoms with Gasteiger partial charge >= 0.3 is 0 Å². The Morgan fingerprint density at radius 2 is 2.50 bits per heavy atom. The SMILES string of the molecule is C[C@@H](CC(N)=O)NCC[C@H]1CCCO1. The van der Waals surface area contributed by atoms with E-state index in [4.69, 9.17) is 10.5 Å². The molecule has 0 saturated carbocycles. The lowest BCUT2D eigenvalue weighted by Crippen LogP contribution is -2.32. The van der Waals surface area contributed by atoms with E-state index in [0.717, 1.165) is 19.6 Å². The average molecular weight is 200 g/mol. The van der Waals surface area contributed by atoms with Crippen LogP contribution in [0.4, 0.5) is 0 Å². The molecule has 1 amide bonds. The molecule has 1 aliphatic heterocycles. The molecule has 0 aromatic carbocycles. The Morgan fingerprint density at radius 3 is 3.07 bits per heavy atom. The Bertz CT molecular complexity index is 179. The Labute approximate surface area is 85.2 Å². The maximum absolute atomic E-state index is 10.6. The quantitative estimate of drug-likeness (QED) is 0.652. The number of rotatable bonds is 6. The summed E-state index contributed by atoms with van der Waals surface area (Å²) < 4.78 is 5.48. The minimum absolute atomic E-state index is 0.175. The van der Waals surface area contributed by atoms with Gasteiger partial charge in [-0.05, 0) is 32.7 Å². The maximum Gasteiger partial charge on any atom is 0.218 e. The van der Waals surface area contributed by atoms with Crippen molar-refractivity contribution in [2.45, 2.75) is 44.8 Å². The Kier molecular flexibility index (Phi) is 4.90. The Balaban J connectivity index is 1.99. The van der Waals surface area contributed by atoms with Gasteiger partial charge in [0.25, 0.3) is 0 Å². The topological polar surface area (TPSA) is 64.4 Å². The lowest BCUT2D eigenvalue weighted by molar-refractivity contribution is -0.118. The Hall–Kier alpha value is -0.610. The van der Waals surface area contributed by atoms with Gasteiger partial charge in [0.1, 0.15) is 0 Å². The van der Waals surface area contributed by atoms with Crippen LogP contribution in [0.15, 0.2) is 0 Å². The number of amides is 1. The van der Waals surface area contributed by atoms with Crippen molar-refractivity contribution in [2.24, 2.45) is 5.73 Å². The zero-order chi connectivity index (χ0) is 10.4. The van der Waals surface area contributed by atoms with Gasteiger partial charge in [-0.15, -0.1) is 0 Å². The summed E-state index contributed by atoms with van der Waals surface area (Å²) in [7, 11) is 0. The summed E-state index contributed by atoms with van der Waals surface area (Å²) in [6.07, 6.45) is 4.21. The molecular formula is C10H20N2O2. The van der Waals surface area contributed by atoms with Crippen LogP contribution >= 0.6 is 0 Å². The predicted molar refractivity (Wildman–Crippen MR) is 54.9 cm³/mol. The molecule has 1 saturated heterocycles. The van der Waals surface area contributed by atoms with Gasteiger partial charge in [0.15, 0.2) is 0 Å². The van der Waals surface area contributed by atoms with Crippen molar-refractivity contribution < 1.29 is 9.53 Å². The van der Waals surface area contributed by atoms with Gasteiger partial charge in [-0.3, -0.25) is 4.79 Å². The molecule has 1 aliphatic rings. The van der Waals surface area contributed by atoms with E-state index < -0.39 is 0 Å². The molecule has 1 heterocycles. The second-order valence-electron chi connectivity index (χ2n) is 3.95. The van der Waals surface area contributed by atoms with Gasteiger partial charge in [-0.1, -0.05) is 0 Å². The number of carbonyl (C=O) groups is 1. The molecule has 3 N–H and O–H groups in total. The minimum Gasteiger partial charge on any atom is -0.378 e. The highest BCUT2D eigenvalue weighted by Crippen LogP contribution is 2.14. The maximum atomic E-state index is 10.6. The standard InChI is InChI=1S/C10H20N2O2/c1-8(7-10(11)13)12-5-4-9-3-2-6-14-9/h8-9,12H,2-7H2,1H3,(H2,11,13)/t8-,9+/m0/s1. The lowest BCUT2D eigenvalue weighted by atomic mass is 10.1. The summed E-state index contributed by atoms with van der Waals surface area (Å²) in [6, 6.07) is 0.175. The molecule has 0 aliphatic carbocycles. The Morgan fingerprint density at radius 1 is 1.71 bits per heavy atom. The van der Waals surface area contributed by atoms with E-state index in [1.165, 1.54) is 12.8 Å². The molecule has 4 heteroatoms. The van der Waals surface area contributed by atoms with Gasteiger partial charge in [-0.2, -0.15) is 0 Å². The highest BCUT2D eigenvalue weighted by molar-refractivity contribution is 5.74. The number of hydrogen-bond donors (Lipinski definition) is 2. The van der Waals surface area contributed by atoms with Gasteiger partial charge < -0.3 is 15.8 Å². The molecular weight excluding hydrogens is 180 g/mol. The molecule has 0 unspecified atom stereocenters. The first-order valence-electron chi connectivity index (χ1n) is 5.32. The van der Waals surface area contributed by atoms with Crippen molar-refractivity contribution in [2.75, 3.05) is 13.2 Å². The zero-order valence-corrected chi connectivity index (χ0v) is 8.79. The third-order valence-corrected chi connectivity index (χ3v) is 2.49. The van der Waals surface area contributed by atoms with E-state index in [0.29, 0.717) is 12.5 Å². The first-order valence-corrected chi connectivity index (χ1v) is 5.32. The fraction of sp³-hybridized carbons (Fsp3) is 0.900. The summed E-state index contributed by atoms with van der Waals surface area (Å²) in [5, 5.41) is 3.26. The van der Waals surface area contributed by atoms with E-state index in [-0.39, 0.29) is 11.9 Å². The molecule has 0 bridgehead atoms. The van der Waals surface area contributed by atoms with Crippen molar-refractivity contribution in [3.05, 3.63) is 0 Å². The van der Waals surface area contributed by atoms with Crippen molar-refractivity contribution in [1.82, 2.24) is 5.32 Å². The molecule has 0 aromatic heterocycles. The van der Waals surface area contributed by atoms with Gasteiger partial charge in [0, 0.05) is 19.1 Å². The molecule has 14 heavy (non-hydrogen) atoms. The third-order valence-electron chi connectivity index (χ3n) is 2.49. The minimum atomic E-state index is -0.248. The van der Waals surface area contributed by atoms with E-state index in [2.05, 4.69) is 5.32 Å². The van der Waals surface area contributed by atoms with Crippen LogP contribution in [0.2, 0.25) is 0 Å². The van der Waals surface area contributed by atoms with Crippen LogP contribution in [-0.4, -0.2) is 31.2 Å². The fourth-order valence-corrected chi connectivity index (χ4v) is 1.74. The van der Waals surface area contributed by atoms with E-state index in [1.54, 1.807) is 0 Å². The average Bonchev–Trinajstić information content (AvgIpc) is 2.55. The van der Waals surface area contributed by atoms with Gasteiger partial charge in [0.05, 0.1) is 6.10 Å². The number of carbonyl (C=O) groups excluding carboxylic acids is 1. The molecule has 0 aromatic rings. The summed E-state index contributed by atoms with van der Waals surface area (Å²) in [5.41, 5.74) is 5.08. The van der Waals surface area contributed by atoms with Crippen LogP contribution in [0.5, 0.6) is 0 Å². The summed E-state index contributed by atoms with van der Waals surface area (Å²) >= 11 is 0. The fourth-order valence-electron chi connectivity index (χ4n) is 1.74. The summed E-state index contributed by atoms with van der Waals surface area (Å²) in [6.45, 7) is 3.78. The molecule has 1 fully saturated rings. The van der Waals surface area contributed by atoms with Crippen LogP contribution in [0, 0.1) is 0 Å². The van der Waals surface area contributed by atoms with E-state index in [9.17, 15) is 4.79 Å². The number of hydrogen-bond acceptors (Lipinski definition) is 3. The number of nitrogens with two attached hydrogens (primary N) is 1.